The van der Waals surface area contributed by atoms with Crippen LogP contribution < -0.4 is 10.0 Å². The maximum atomic E-state index is 11.9. The Balaban J connectivity index is 2.11. The molecule has 0 aliphatic carbocycles. The lowest BCUT2D eigenvalue weighted by molar-refractivity contribution is 0.585. The van der Waals surface area contributed by atoms with Crippen LogP contribution >= 0.6 is 0 Å². The summed E-state index contributed by atoms with van der Waals surface area (Å²) in [5, 5.41) is 24.9. The van der Waals surface area contributed by atoms with Crippen LogP contribution in [0.25, 0.3) is 5.57 Å². The number of hydrogen-bond donors (Lipinski definition) is 3. The number of nitrogens with zero attached hydrogens (tertiary/aromatic N) is 4. The second-order valence-corrected chi connectivity index (χ2v) is 5.98. The number of aromatic amines is 1. The van der Waals surface area contributed by atoms with Crippen LogP contribution in [0.15, 0.2) is 48.0 Å². The van der Waals surface area contributed by atoms with Gasteiger partial charge in [-0.3, -0.25) is 0 Å². The molecule has 0 aliphatic rings. The lowest BCUT2D eigenvalue weighted by Gasteiger charge is -2.06. The van der Waals surface area contributed by atoms with Gasteiger partial charge in [-0.05, 0) is 29.5 Å². The topological polar surface area (TPSA) is 136 Å². The van der Waals surface area contributed by atoms with Gasteiger partial charge in [-0.1, -0.05) is 6.08 Å². The molecule has 0 amide bonds. The quantitative estimate of drug-likeness (QED) is 0.500. The Labute approximate surface area is 132 Å². The third-order valence-corrected chi connectivity index (χ3v) is 4.11. The van der Waals surface area contributed by atoms with Gasteiger partial charge >= 0.3 is 0 Å². The van der Waals surface area contributed by atoms with E-state index in [-0.39, 0.29) is 22.8 Å². The van der Waals surface area contributed by atoms with Crippen molar-refractivity contribution in [3.63, 3.8) is 0 Å². The molecule has 2 aromatic rings. The highest BCUT2D eigenvalue weighted by Crippen LogP contribution is 2.15. The fraction of sp³-hybridized carbons (Fsp3) is 0.0769. The fourth-order valence-electron chi connectivity index (χ4n) is 1.56. The SMILES string of the molecule is C=CCNS(=O)(=O)c1ccc(NC=C(C#N)c2nn[nH]n2)cc1. The summed E-state index contributed by atoms with van der Waals surface area (Å²) in [5.41, 5.74) is 0.784. The van der Waals surface area contributed by atoms with Crippen molar-refractivity contribution in [3.8, 4) is 6.07 Å². The molecule has 10 heteroatoms. The number of benzene rings is 1. The minimum absolute atomic E-state index is 0.132. The summed E-state index contributed by atoms with van der Waals surface area (Å²) in [6.45, 7) is 3.61. The normalized spacial score (nSPS) is 11.7. The van der Waals surface area contributed by atoms with Crippen molar-refractivity contribution < 1.29 is 8.42 Å². The minimum atomic E-state index is -3.56. The molecule has 2 rings (SSSR count). The molecule has 118 valence electrons. The molecule has 0 saturated heterocycles. The van der Waals surface area contributed by atoms with E-state index < -0.39 is 10.0 Å². The Bertz CT molecular complexity index is 833. The van der Waals surface area contributed by atoms with E-state index in [1.165, 1.54) is 24.4 Å². The van der Waals surface area contributed by atoms with Crippen LogP contribution in [0.2, 0.25) is 0 Å². The van der Waals surface area contributed by atoms with Gasteiger partial charge < -0.3 is 5.32 Å². The Hall–Kier alpha value is -3.03. The smallest absolute Gasteiger partial charge is 0.240 e. The predicted molar refractivity (Wildman–Crippen MR) is 83.2 cm³/mol. The molecule has 0 atom stereocenters. The lowest BCUT2D eigenvalue weighted by atomic mass is 10.3. The van der Waals surface area contributed by atoms with Crippen molar-refractivity contribution in [2.75, 3.05) is 11.9 Å². The Morgan fingerprint density at radius 3 is 2.70 bits per heavy atom. The summed E-state index contributed by atoms with van der Waals surface area (Å²) < 4.78 is 26.2. The molecule has 0 bridgehead atoms. The molecule has 0 fully saturated rings. The van der Waals surface area contributed by atoms with Crippen LogP contribution in [0, 0.1) is 11.3 Å². The van der Waals surface area contributed by atoms with E-state index in [4.69, 9.17) is 5.26 Å². The highest BCUT2D eigenvalue weighted by atomic mass is 32.2. The summed E-state index contributed by atoms with van der Waals surface area (Å²) in [6, 6.07) is 7.97. The minimum Gasteiger partial charge on any atom is -0.360 e. The van der Waals surface area contributed by atoms with Gasteiger partial charge in [0.25, 0.3) is 0 Å². The van der Waals surface area contributed by atoms with Crippen molar-refractivity contribution in [1.29, 1.82) is 5.26 Å². The standard InChI is InChI=1S/C13H13N7O2S/c1-2-7-16-23(21,22)12-5-3-11(4-6-12)15-9-10(8-14)13-17-19-20-18-13/h2-6,9,15-16H,1,7H2,(H,17,18,19,20). The van der Waals surface area contributed by atoms with Crippen molar-refractivity contribution in [2.45, 2.75) is 4.90 Å². The molecule has 1 aromatic heterocycles. The van der Waals surface area contributed by atoms with E-state index in [1.54, 1.807) is 12.1 Å². The number of H-pyrrole nitrogens is 1. The Kier molecular flexibility index (Phi) is 5.19. The summed E-state index contributed by atoms with van der Waals surface area (Å²) in [6.07, 6.45) is 2.87. The van der Waals surface area contributed by atoms with Gasteiger partial charge in [0.15, 0.2) is 0 Å². The van der Waals surface area contributed by atoms with Crippen molar-refractivity contribution in [2.24, 2.45) is 0 Å². The molecule has 0 saturated carbocycles. The predicted octanol–water partition coefficient (Wildman–Crippen LogP) is 0.641. The first-order valence-electron chi connectivity index (χ1n) is 6.38. The third kappa shape index (κ3) is 4.22. The van der Waals surface area contributed by atoms with Crippen LogP contribution in [0.5, 0.6) is 0 Å². The van der Waals surface area contributed by atoms with E-state index in [1.807, 2.05) is 6.07 Å². The highest BCUT2D eigenvalue weighted by Gasteiger charge is 2.12. The van der Waals surface area contributed by atoms with Gasteiger partial charge in [0.05, 0.1) is 4.90 Å². The molecule has 0 radical (unpaired) electrons. The van der Waals surface area contributed by atoms with Gasteiger partial charge in [0, 0.05) is 18.4 Å². The molecular weight excluding hydrogens is 318 g/mol. The largest absolute Gasteiger partial charge is 0.360 e. The average Bonchev–Trinajstić information content (AvgIpc) is 3.08. The maximum absolute atomic E-state index is 11.9. The first-order valence-corrected chi connectivity index (χ1v) is 7.86. The average molecular weight is 331 g/mol. The Morgan fingerprint density at radius 2 is 2.13 bits per heavy atom. The summed E-state index contributed by atoms with van der Waals surface area (Å²) in [5.74, 6) is 0.160. The number of sulfonamides is 1. The zero-order chi connectivity index (χ0) is 16.7. The molecule has 0 aliphatic heterocycles. The van der Waals surface area contributed by atoms with E-state index in [0.29, 0.717) is 5.69 Å². The summed E-state index contributed by atoms with van der Waals surface area (Å²) in [4.78, 5) is 0.132. The monoisotopic (exact) mass is 331 g/mol. The molecular formula is C13H13N7O2S. The van der Waals surface area contributed by atoms with Crippen LogP contribution in [0.4, 0.5) is 5.69 Å². The first kappa shape index (κ1) is 16.3. The number of hydrogen-bond acceptors (Lipinski definition) is 7. The second kappa shape index (κ2) is 7.30. The van der Waals surface area contributed by atoms with Gasteiger partial charge in [0.2, 0.25) is 15.8 Å². The number of tetrazole rings is 1. The molecule has 0 unspecified atom stereocenters. The van der Waals surface area contributed by atoms with Crippen molar-refractivity contribution in [1.82, 2.24) is 25.3 Å². The number of anilines is 1. The summed E-state index contributed by atoms with van der Waals surface area (Å²) >= 11 is 0. The zero-order valence-corrected chi connectivity index (χ0v) is 12.7. The lowest BCUT2D eigenvalue weighted by Crippen LogP contribution is -2.23. The van der Waals surface area contributed by atoms with Crippen molar-refractivity contribution in [3.05, 3.63) is 48.9 Å². The van der Waals surface area contributed by atoms with Gasteiger partial charge in [-0.15, -0.1) is 16.8 Å². The number of aromatic nitrogens is 4. The van der Waals surface area contributed by atoms with Gasteiger partial charge in [-0.25, -0.2) is 13.1 Å². The van der Waals surface area contributed by atoms with Crippen molar-refractivity contribution >= 4 is 21.3 Å². The first-order chi connectivity index (χ1) is 11.1. The van der Waals surface area contributed by atoms with E-state index in [9.17, 15) is 8.42 Å². The number of nitrogens with one attached hydrogen (secondary N) is 3. The number of nitriles is 1. The molecule has 3 N–H and O–H groups in total. The van der Waals surface area contributed by atoms with E-state index >= 15 is 0 Å². The number of rotatable bonds is 7. The Morgan fingerprint density at radius 1 is 1.39 bits per heavy atom. The highest BCUT2D eigenvalue weighted by molar-refractivity contribution is 7.89. The second-order valence-electron chi connectivity index (χ2n) is 4.21. The number of allylic oxidation sites excluding steroid dienone is 1. The molecule has 1 aromatic carbocycles. The summed E-state index contributed by atoms with van der Waals surface area (Å²) in [7, 11) is -3.56. The molecule has 23 heavy (non-hydrogen) atoms. The third-order valence-electron chi connectivity index (χ3n) is 2.67. The zero-order valence-electron chi connectivity index (χ0n) is 11.9. The van der Waals surface area contributed by atoms with Gasteiger partial charge in [-0.2, -0.15) is 10.5 Å². The van der Waals surface area contributed by atoms with Crippen LogP contribution in [-0.4, -0.2) is 35.6 Å². The van der Waals surface area contributed by atoms with Gasteiger partial charge in [0.1, 0.15) is 11.6 Å². The molecule has 1 heterocycles. The van der Waals surface area contributed by atoms with Crippen LogP contribution in [-0.2, 0) is 10.0 Å². The molecule has 0 spiro atoms. The van der Waals surface area contributed by atoms with Crippen LogP contribution in [0.1, 0.15) is 5.82 Å². The maximum Gasteiger partial charge on any atom is 0.240 e. The van der Waals surface area contributed by atoms with Crippen LogP contribution in [0.3, 0.4) is 0 Å². The van der Waals surface area contributed by atoms with E-state index in [2.05, 4.69) is 37.2 Å². The van der Waals surface area contributed by atoms with E-state index in [0.717, 1.165) is 0 Å². The molecule has 9 nitrogen and oxygen atoms in total. The fourth-order valence-corrected chi connectivity index (χ4v) is 2.56.